The van der Waals surface area contributed by atoms with E-state index in [1.54, 1.807) is 0 Å². The first kappa shape index (κ1) is 17.7. The van der Waals surface area contributed by atoms with E-state index in [0.29, 0.717) is 6.04 Å². The SMILES string of the molecule is CC(C)CNCCCCCN(Cc1cccs1)C(C)C. The van der Waals surface area contributed by atoms with Crippen molar-refractivity contribution in [1.82, 2.24) is 10.2 Å². The fourth-order valence-electron chi connectivity index (χ4n) is 2.25. The molecule has 0 bridgehead atoms. The molecule has 0 amide bonds. The fourth-order valence-corrected chi connectivity index (χ4v) is 2.98. The topological polar surface area (TPSA) is 15.3 Å². The first-order chi connectivity index (χ1) is 9.59. The Labute approximate surface area is 129 Å². The molecular weight excluding hydrogens is 264 g/mol. The minimum atomic E-state index is 0.635. The Bertz CT molecular complexity index is 320. The third-order valence-electron chi connectivity index (χ3n) is 3.52. The van der Waals surface area contributed by atoms with Crippen molar-refractivity contribution < 1.29 is 0 Å². The molecule has 0 aromatic carbocycles. The molecule has 1 aromatic rings. The summed E-state index contributed by atoms with van der Waals surface area (Å²) in [6.07, 6.45) is 3.95. The van der Waals surface area contributed by atoms with Crippen molar-refractivity contribution in [3.8, 4) is 0 Å². The highest BCUT2D eigenvalue weighted by molar-refractivity contribution is 7.09. The second-order valence-corrected chi connectivity index (χ2v) is 7.33. The molecule has 0 atom stereocenters. The Morgan fingerprint density at radius 3 is 2.55 bits per heavy atom. The average Bonchev–Trinajstić information content (AvgIpc) is 2.88. The van der Waals surface area contributed by atoms with Crippen molar-refractivity contribution >= 4 is 11.3 Å². The van der Waals surface area contributed by atoms with Crippen LogP contribution in [0.3, 0.4) is 0 Å². The zero-order valence-electron chi connectivity index (χ0n) is 13.7. The van der Waals surface area contributed by atoms with Gasteiger partial charge in [-0.2, -0.15) is 0 Å². The first-order valence-electron chi connectivity index (χ1n) is 8.06. The van der Waals surface area contributed by atoms with Gasteiger partial charge in [-0.25, -0.2) is 0 Å². The number of unbranched alkanes of at least 4 members (excludes halogenated alkanes) is 2. The highest BCUT2D eigenvalue weighted by Gasteiger charge is 2.10. The summed E-state index contributed by atoms with van der Waals surface area (Å²) in [5.74, 6) is 0.761. The van der Waals surface area contributed by atoms with Gasteiger partial charge in [0.25, 0.3) is 0 Å². The Hall–Kier alpha value is -0.380. The van der Waals surface area contributed by atoms with Gasteiger partial charge in [-0.3, -0.25) is 4.90 Å². The molecule has 3 heteroatoms. The van der Waals surface area contributed by atoms with Gasteiger partial charge in [0.1, 0.15) is 0 Å². The van der Waals surface area contributed by atoms with Gasteiger partial charge < -0.3 is 5.32 Å². The molecule has 0 spiro atoms. The van der Waals surface area contributed by atoms with Crippen molar-refractivity contribution in [1.29, 1.82) is 0 Å². The second-order valence-electron chi connectivity index (χ2n) is 6.30. The molecule has 0 aliphatic carbocycles. The molecule has 0 fully saturated rings. The first-order valence-corrected chi connectivity index (χ1v) is 8.94. The van der Waals surface area contributed by atoms with Crippen LogP contribution in [0, 0.1) is 5.92 Å². The molecule has 0 unspecified atom stereocenters. The zero-order chi connectivity index (χ0) is 14.8. The van der Waals surface area contributed by atoms with E-state index in [1.807, 2.05) is 11.3 Å². The van der Waals surface area contributed by atoms with E-state index < -0.39 is 0 Å². The van der Waals surface area contributed by atoms with Crippen LogP contribution in [-0.4, -0.2) is 30.6 Å². The van der Waals surface area contributed by atoms with Gasteiger partial charge >= 0.3 is 0 Å². The number of hydrogen-bond acceptors (Lipinski definition) is 3. The molecular formula is C17H32N2S. The maximum Gasteiger partial charge on any atom is 0.0330 e. The molecule has 20 heavy (non-hydrogen) atoms. The van der Waals surface area contributed by atoms with Crippen LogP contribution in [0.15, 0.2) is 17.5 Å². The number of rotatable bonds is 11. The van der Waals surface area contributed by atoms with Crippen LogP contribution in [0.5, 0.6) is 0 Å². The van der Waals surface area contributed by atoms with Crippen LogP contribution in [0.1, 0.15) is 51.8 Å². The van der Waals surface area contributed by atoms with Crippen molar-refractivity contribution in [2.45, 2.75) is 59.5 Å². The monoisotopic (exact) mass is 296 g/mol. The third kappa shape index (κ3) is 8.03. The highest BCUT2D eigenvalue weighted by Crippen LogP contribution is 2.14. The van der Waals surface area contributed by atoms with Crippen LogP contribution < -0.4 is 5.32 Å². The van der Waals surface area contributed by atoms with Crippen molar-refractivity contribution in [2.75, 3.05) is 19.6 Å². The fraction of sp³-hybridized carbons (Fsp3) is 0.765. The molecule has 1 N–H and O–H groups in total. The van der Waals surface area contributed by atoms with Gasteiger partial charge in [0.05, 0.1) is 0 Å². The van der Waals surface area contributed by atoms with Crippen LogP contribution in [-0.2, 0) is 6.54 Å². The van der Waals surface area contributed by atoms with Crippen molar-refractivity contribution in [3.63, 3.8) is 0 Å². The third-order valence-corrected chi connectivity index (χ3v) is 4.38. The highest BCUT2D eigenvalue weighted by atomic mass is 32.1. The lowest BCUT2D eigenvalue weighted by atomic mass is 10.2. The van der Waals surface area contributed by atoms with Gasteiger partial charge in [-0.15, -0.1) is 11.3 Å². The van der Waals surface area contributed by atoms with Crippen molar-refractivity contribution in [2.24, 2.45) is 5.92 Å². The predicted molar refractivity (Wildman–Crippen MR) is 91.4 cm³/mol. The molecule has 0 radical (unpaired) electrons. The number of thiophene rings is 1. The van der Waals surface area contributed by atoms with E-state index in [0.717, 1.165) is 19.0 Å². The smallest absolute Gasteiger partial charge is 0.0330 e. The molecule has 1 aromatic heterocycles. The normalized spacial score (nSPS) is 11.9. The molecule has 0 saturated heterocycles. The minimum Gasteiger partial charge on any atom is -0.316 e. The standard InChI is InChI=1S/C17H32N2S/c1-15(2)13-18-10-6-5-7-11-19(16(3)4)14-17-9-8-12-20-17/h8-9,12,15-16,18H,5-7,10-11,13-14H2,1-4H3. The maximum atomic E-state index is 3.52. The summed E-state index contributed by atoms with van der Waals surface area (Å²) in [5.41, 5.74) is 0. The van der Waals surface area contributed by atoms with Crippen LogP contribution in [0.25, 0.3) is 0 Å². The Balaban J connectivity index is 2.10. The summed E-state index contributed by atoms with van der Waals surface area (Å²) in [5, 5.41) is 5.69. The minimum absolute atomic E-state index is 0.635. The average molecular weight is 297 g/mol. The van der Waals surface area contributed by atoms with E-state index in [2.05, 4.69) is 55.4 Å². The number of nitrogens with zero attached hydrogens (tertiary/aromatic N) is 1. The van der Waals surface area contributed by atoms with Crippen LogP contribution in [0.4, 0.5) is 0 Å². The predicted octanol–water partition coefficient (Wildman–Crippen LogP) is 4.37. The summed E-state index contributed by atoms with van der Waals surface area (Å²) in [7, 11) is 0. The molecule has 0 aliphatic heterocycles. The quantitative estimate of drug-likeness (QED) is 0.610. The van der Waals surface area contributed by atoms with E-state index in [1.165, 1.54) is 37.2 Å². The lowest BCUT2D eigenvalue weighted by Crippen LogP contribution is -2.31. The summed E-state index contributed by atoms with van der Waals surface area (Å²) < 4.78 is 0. The Morgan fingerprint density at radius 1 is 1.15 bits per heavy atom. The van der Waals surface area contributed by atoms with E-state index >= 15 is 0 Å². The zero-order valence-corrected chi connectivity index (χ0v) is 14.5. The summed E-state index contributed by atoms with van der Waals surface area (Å²) in [6.45, 7) is 13.8. The molecule has 0 saturated carbocycles. The Kier molecular flexibility index (Phi) is 9.16. The summed E-state index contributed by atoms with van der Waals surface area (Å²) >= 11 is 1.87. The van der Waals surface area contributed by atoms with Gasteiger partial charge in [0.2, 0.25) is 0 Å². The Morgan fingerprint density at radius 2 is 1.95 bits per heavy atom. The van der Waals surface area contributed by atoms with E-state index in [-0.39, 0.29) is 0 Å². The molecule has 1 rings (SSSR count). The number of hydrogen-bond donors (Lipinski definition) is 1. The summed E-state index contributed by atoms with van der Waals surface area (Å²) in [4.78, 5) is 4.07. The lowest BCUT2D eigenvalue weighted by molar-refractivity contribution is 0.210. The lowest BCUT2D eigenvalue weighted by Gasteiger charge is -2.25. The molecule has 0 aliphatic rings. The summed E-state index contributed by atoms with van der Waals surface area (Å²) in [6, 6.07) is 5.03. The van der Waals surface area contributed by atoms with Crippen LogP contribution >= 0.6 is 11.3 Å². The van der Waals surface area contributed by atoms with Gasteiger partial charge in [0, 0.05) is 17.5 Å². The van der Waals surface area contributed by atoms with Gasteiger partial charge in [-0.05, 0) is 63.7 Å². The molecule has 1 heterocycles. The van der Waals surface area contributed by atoms with E-state index in [4.69, 9.17) is 0 Å². The van der Waals surface area contributed by atoms with Gasteiger partial charge in [-0.1, -0.05) is 26.3 Å². The van der Waals surface area contributed by atoms with Gasteiger partial charge in [0.15, 0.2) is 0 Å². The van der Waals surface area contributed by atoms with Crippen molar-refractivity contribution in [3.05, 3.63) is 22.4 Å². The molecule has 2 nitrogen and oxygen atoms in total. The van der Waals surface area contributed by atoms with E-state index in [9.17, 15) is 0 Å². The van der Waals surface area contributed by atoms with Crippen LogP contribution in [0.2, 0.25) is 0 Å². The largest absolute Gasteiger partial charge is 0.316 e. The number of nitrogens with one attached hydrogen (secondary N) is 1. The molecule has 116 valence electrons. The maximum absolute atomic E-state index is 3.52. The second kappa shape index (κ2) is 10.4.